The molecule has 0 radical (unpaired) electrons. The van der Waals surface area contributed by atoms with Crippen LogP contribution in [0.3, 0.4) is 0 Å². The lowest BCUT2D eigenvalue weighted by Crippen LogP contribution is -2.07. The molecule has 0 unspecified atom stereocenters. The number of hydrogen-bond acceptors (Lipinski definition) is 2. The standard InChI is InChI=1S/C13H18ClNS/c1-15-9-10-6-7-11(14)8-13(10)16-12-4-2-3-5-12/h6-8,12,15H,2-5,9H2,1H3. The Morgan fingerprint density at radius 1 is 1.38 bits per heavy atom. The molecule has 16 heavy (non-hydrogen) atoms. The second kappa shape index (κ2) is 5.95. The van der Waals surface area contributed by atoms with Gasteiger partial charge in [-0.15, -0.1) is 11.8 Å². The number of rotatable bonds is 4. The first-order chi connectivity index (χ1) is 7.79. The maximum absolute atomic E-state index is 6.07. The SMILES string of the molecule is CNCc1ccc(Cl)cc1SC1CCCC1. The highest BCUT2D eigenvalue weighted by Crippen LogP contribution is 2.37. The van der Waals surface area contributed by atoms with Crippen LogP contribution in [0.2, 0.25) is 5.02 Å². The van der Waals surface area contributed by atoms with Crippen molar-refractivity contribution in [3.8, 4) is 0 Å². The van der Waals surface area contributed by atoms with Crippen LogP contribution in [0.4, 0.5) is 0 Å². The van der Waals surface area contributed by atoms with Gasteiger partial charge in [0.1, 0.15) is 0 Å². The van der Waals surface area contributed by atoms with Gasteiger partial charge in [-0.3, -0.25) is 0 Å². The van der Waals surface area contributed by atoms with Gasteiger partial charge in [0.25, 0.3) is 0 Å². The maximum atomic E-state index is 6.07. The van der Waals surface area contributed by atoms with Crippen LogP contribution < -0.4 is 5.32 Å². The third-order valence-corrected chi connectivity index (χ3v) is 4.67. The lowest BCUT2D eigenvalue weighted by molar-refractivity contribution is 0.801. The van der Waals surface area contributed by atoms with Gasteiger partial charge < -0.3 is 5.32 Å². The Kier molecular flexibility index (Phi) is 4.56. The number of hydrogen-bond donors (Lipinski definition) is 1. The first kappa shape index (κ1) is 12.3. The summed E-state index contributed by atoms with van der Waals surface area (Å²) in [6.07, 6.45) is 5.49. The molecule has 1 aromatic rings. The highest BCUT2D eigenvalue weighted by molar-refractivity contribution is 8.00. The van der Waals surface area contributed by atoms with E-state index in [1.165, 1.54) is 36.1 Å². The van der Waals surface area contributed by atoms with Crippen LogP contribution >= 0.6 is 23.4 Å². The van der Waals surface area contributed by atoms with Crippen molar-refractivity contribution in [1.29, 1.82) is 0 Å². The molecule has 0 amide bonds. The van der Waals surface area contributed by atoms with Gasteiger partial charge in [0.2, 0.25) is 0 Å². The topological polar surface area (TPSA) is 12.0 Å². The van der Waals surface area contributed by atoms with Gasteiger partial charge >= 0.3 is 0 Å². The highest BCUT2D eigenvalue weighted by Gasteiger charge is 2.17. The minimum absolute atomic E-state index is 0.800. The molecule has 0 atom stereocenters. The normalized spacial score (nSPS) is 16.9. The summed E-state index contributed by atoms with van der Waals surface area (Å²) in [6.45, 7) is 0.923. The van der Waals surface area contributed by atoms with E-state index in [-0.39, 0.29) is 0 Å². The monoisotopic (exact) mass is 255 g/mol. The molecular weight excluding hydrogens is 238 g/mol. The second-order valence-corrected chi connectivity index (χ2v) is 6.09. The third-order valence-electron chi connectivity index (χ3n) is 2.99. The summed E-state index contributed by atoms with van der Waals surface area (Å²) < 4.78 is 0. The van der Waals surface area contributed by atoms with E-state index in [2.05, 4.69) is 17.4 Å². The lowest BCUT2D eigenvalue weighted by atomic mass is 10.2. The minimum atomic E-state index is 0.800. The second-order valence-electron chi connectivity index (χ2n) is 4.31. The predicted molar refractivity (Wildman–Crippen MR) is 72.3 cm³/mol. The molecule has 1 saturated carbocycles. The van der Waals surface area contributed by atoms with Crippen molar-refractivity contribution >= 4 is 23.4 Å². The summed E-state index contributed by atoms with van der Waals surface area (Å²) in [7, 11) is 1.98. The molecule has 1 nitrogen and oxygen atoms in total. The van der Waals surface area contributed by atoms with E-state index in [4.69, 9.17) is 11.6 Å². The van der Waals surface area contributed by atoms with E-state index < -0.39 is 0 Å². The van der Waals surface area contributed by atoms with Crippen molar-refractivity contribution in [1.82, 2.24) is 5.32 Å². The van der Waals surface area contributed by atoms with Gasteiger partial charge in [-0.1, -0.05) is 30.5 Å². The van der Waals surface area contributed by atoms with Gasteiger partial charge in [-0.25, -0.2) is 0 Å². The molecule has 1 aliphatic carbocycles. The molecule has 0 heterocycles. The average Bonchev–Trinajstić information content (AvgIpc) is 2.75. The van der Waals surface area contributed by atoms with E-state index >= 15 is 0 Å². The first-order valence-electron chi connectivity index (χ1n) is 5.89. The number of thioether (sulfide) groups is 1. The molecular formula is C13H18ClNS. The van der Waals surface area contributed by atoms with Crippen LogP contribution in [0.5, 0.6) is 0 Å². The van der Waals surface area contributed by atoms with Crippen LogP contribution in [0.25, 0.3) is 0 Å². The van der Waals surface area contributed by atoms with Gasteiger partial charge in [0.05, 0.1) is 0 Å². The Morgan fingerprint density at radius 3 is 2.81 bits per heavy atom. The fraction of sp³-hybridized carbons (Fsp3) is 0.538. The van der Waals surface area contributed by atoms with Gasteiger partial charge in [0.15, 0.2) is 0 Å². The lowest BCUT2D eigenvalue weighted by Gasteiger charge is -2.13. The van der Waals surface area contributed by atoms with Crippen molar-refractivity contribution < 1.29 is 0 Å². The third kappa shape index (κ3) is 3.16. The largest absolute Gasteiger partial charge is 0.316 e. The van der Waals surface area contributed by atoms with Crippen molar-refractivity contribution in [2.45, 2.75) is 42.4 Å². The zero-order valence-corrected chi connectivity index (χ0v) is 11.2. The van der Waals surface area contributed by atoms with Gasteiger partial charge in [0, 0.05) is 21.7 Å². The van der Waals surface area contributed by atoms with E-state index in [0.29, 0.717) is 0 Å². The summed E-state index contributed by atoms with van der Waals surface area (Å²) in [5.41, 5.74) is 1.36. The van der Waals surface area contributed by atoms with Crippen molar-refractivity contribution in [2.24, 2.45) is 0 Å². The Labute approximate surface area is 107 Å². The summed E-state index contributed by atoms with van der Waals surface area (Å²) in [5.74, 6) is 0. The molecule has 1 N–H and O–H groups in total. The summed E-state index contributed by atoms with van der Waals surface area (Å²) in [4.78, 5) is 1.36. The molecule has 1 aliphatic rings. The van der Waals surface area contributed by atoms with Gasteiger partial charge in [-0.2, -0.15) is 0 Å². The van der Waals surface area contributed by atoms with E-state index in [9.17, 15) is 0 Å². The van der Waals surface area contributed by atoms with Crippen molar-refractivity contribution in [3.63, 3.8) is 0 Å². The Morgan fingerprint density at radius 2 is 2.12 bits per heavy atom. The minimum Gasteiger partial charge on any atom is -0.316 e. The highest BCUT2D eigenvalue weighted by atomic mass is 35.5. The maximum Gasteiger partial charge on any atom is 0.0417 e. The van der Waals surface area contributed by atoms with Crippen molar-refractivity contribution in [2.75, 3.05) is 7.05 Å². The summed E-state index contributed by atoms with van der Waals surface area (Å²) in [6, 6.07) is 6.22. The number of halogens is 1. The Bertz CT molecular complexity index is 348. The smallest absolute Gasteiger partial charge is 0.0417 e. The number of nitrogens with one attached hydrogen (secondary N) is 1. The molecule has 3 heteroatoms. The van der Waals surface area contributed by atoms with Crippen molar-refractivity contribution in [3.05, 3.63) is 28.8 Å². The van der Waals surface area contributed by atoms with Crippen LogP contribution in [-0.2, 0) is 6.54 Å². The molecule has 2 rings (SSSR count). The average molecular weight is 256 g/mol. The zero-order chi connectivity index (χ0) is 11.4. The zero-order valence-electron chi connectivity index (χ0n) is 9.63. The predicted octanol–water partition coefficient (Wildman–Crippen LogP) is 4.09. The Balaban J connectivity index is 2.12. The first-order valence-corrected chi connectivity index (χ1v) is 7.15. The molecule has 1 fully saturated rings. The summed E-state index contributed by atoms with van der Waals surface area (Å²) in [5, 5.41) is 4.86. The molecule has 88 valence electrons. The fourth-order valence-corrected chi connectivity index (χ4v) is 3.81. The fourth-order valence-electron chi connectivity index (χ4n) is 2.16. The molecule has 0 aliphatic heterocycles. The molecule has 0 saturated heterocycles. The summed E-state index contributed by atoms with van der Waals surface area (Å²) >= 11 is 8.08. The van der Waals surface area contributed by atoms with E-state index in [1.54, 1.807) is 0 Å². The van der Waals surface area contributed by atoms with Crippen LogP contribution in [0.1, 0.15) is 31.2 Å². The van der Waals surface area contributed by atoms with Crippen LogP contribution in [0, 0.1) is 0 Å². The molecule has 0 aromatic heterocycles. The number of benzene rings is 1. The molecule has 0 bridgehead atoms. The van der Waals surface area contributed by atoms with Gasteiger partial charge in [-0.05, 0) is 37.6 Å². The van der Waals surface area contributed by atoms with Crippen LogP contribution in [0.15, 0.2) is 23.1 Å². The molecule has 1 aromatic carbocycles. The van der Waals surface area contributed by atoms with E-state index in [0.717, 1.165) is 16.8 Å². The molecule has 0 spiro atoms. The van der Waals surface area contributed by atoms with Crippen LogP contribution in [-0.4, -0.2) is 12.3 Å². The quantitative estimate of drug-likeness (QED) is 0.870. The van der Waals surface area contributed by atoms with E-state index in [1.807, 2.05) is 24.9 Å². The Hall–Kier alpha value is -0.180.